The van der Waals surface area contributed by atoms with Gasteiger partial charge in [0.05, 0.1) is 6.10 Å². The summed E-state index contributed by atoms with van der Waals surface area (Å²) in [7, 11) is 1.76. The minimum atomic E-state index is 0. The molecule has 19 heavy (non-hydrogen) atoms. The van der Waals surface area contributed by atoms with Crippen molar-refractivity contribution in [2.75, 3.05) is 26.7 Å². The Morgan fingerprint density at radius 2 is 1.89 bits per heavy atom. The van der Waals surface area contributed by atoms with Crippen molar-refractivity contribution in [2.24, 2.45) is 5.73 Å². The first kappa shape index (κ1) is 18.7. The summed E-state index contributed by atoms with van der Waals surface area (Å²) in [5, 5.41) is 0. The number of likely N-dealkylation sites (tertiary alicyclic amines) is 1. The molecular weight excluding hydrogens is 283 g/mol. The van der Waals surface area contributed by atoms with Crippen LogP contribution in [-0.2, 0) is 4.74 Å². The zero-order chi connectivity index (χ0) is 12.3. The van der Waals surface area contributed by atoms with Gasteiger partial charge < -0.3 is 10.5 Å². The van der Waals surface area contributed by atoms with Gasteiger partial charge in [-0.3, -0.25) is 4.90 Å². The molecule has 1 aliphatic rings. The summed E-state index contributed by atoms with van der Waals surface area (Å²) in [4.78, 5) is 2.40. The summed E-state index contributed by atoms with van der Waals surface area (Å²) in [6.07, 6.45) is 0.275. The van der Waals surface area contributed by atoms with Crippen LogP contribution >= 0.6 is 24.8 Å². The number of methoxy groups -OCH3 is 1. The van der Waals surface area contributed by atoms with Gasteiger partial charge in [0.15, 0.2) is 0 Å². The van der Waals surface area contributed by atoms with Crippen molar-refractivity contribution in [1.29, 1.82) is 0 Å². The van der Waals surface area contributed by atoms with E-state index in [4.69, 9.17) is 10.5 Å². The van der Waals surface area contributed by atoms with Crippen molar-refractivity contribution in [2.45, 2.75) is 25.0 Å². The predicted molar refractivity (Wildman–Crippen MR) is 84.6 cm³/mol. The van der Waals surface area contributed by atoms with Gasteiger partial charge in [-0.25, -0.2) is 0 Å². The average molecular weight is 307 g/mol. The summed E-state index contributed by atoms with van der Waals surface area (Å²) < 4.78 is 5.31. The molecule has 0 radical (unpaired) electrons. The van der Waals surface area contributed by atoms with Crippen molar-refractivity contribution in [3.05, 3.63) is 35.9 Å². The lowest BCUT2D eigenvalue weighted by Gasteiger charge is -2.19. The predicted octanol–water partition coefficient (Wildman–Crippen LogP) is 2.29. The molecule has 1 fully saturated rings. The topological polar surface area (TPSA) is 38.5 Å². The molecule has 0 bridgehead atoms. The quantitative estimate of drug-likeness (QED) is 0.927. The SMILES string of the molecule is CO[C@@H](C)CN1C[C@@H](N)[C@H](c2ccccc2)C1.Cl.Cl. The lowest BCUT2D eigenvalue weighted by molar-refractivity contribution is 0.0845. The fourth-order valence-electron chi connectivity index (χ4n) is 2.55. The van der Waals surface area contributed by atoms with Crippen LogP contribution in [0.3, 0.4) is 0 Å². The molecule has 2 N–H and O–H groups in total. The Hall–Kier alpha value is -0.320. The van der Waals surface area contributed by atoms with Crippen LogP contribution in [0.2, 0.25) is 0 Å². The Balaban J connectivity index is 0.00000162. The second-order valence-corrected chi connectivity index (χ2v) is 4.95. The van der Waals surface area contributed by atoms with Crippen molar-refractivity contribution in [1.82, 2.24) is 4.90 Å². The highest BCUT2D eigenvalue weighted by molar-refractivity contribution is 5.85. The molecule has 1 aliphatic heterocycles. The van der Waals surface area contributed by atoms with Crippen LogP contribution < -0.4 is 5.73 Å². The molecule has 0 aliphatic carbocycles. The second kappa shape index (κ2) is 8.77. The Morgan fingerprint density at radius 1 is 1.26 bits per heavy atom. The fourth-order valence-corrected chi connectivity index (χ4v) is 2.55. The molecule has 0 amide bonds. The van der Waals surface area contributed by atoms with Crippen molar-refractivity contribution in [3.8, 4) is 0 Å². The third kappa shape index (κ3) is 4.93. The first-order chi connectivity index (χ1) is 8.20. The number of hydrogen-bond acceptors (Lipinski definition) is 3. The maximum atomic E-state index is 6.24. The van der Waals surface area contributed by atoms with Crippen LogP contribution in [0.1, 0.15) is 18.4 Å². The van der Waals surface area contributed by atoms with E-state index in [9.17, 15) is 0 Å². The molecule has 1 aromatic carbocycles. The summed E-state index contributed by atoms with van der Waals surface area (Å²) in [6, 6.07) is 10.8. The van der Waals surface area contributed by atoms with E-state index in [-0.39, 0.29) is 37.0 Å². The highest BCUT2D eigenvalue weighted by Crippen LogP contribution is 2.26. The van der Waals surface area contributed by atoms with Gasteiger partial charge >= 0.3 is 0 Å². The highest BCUT2D eigenvalue weighted by Gasteiger charge is 2.31. The van der Waals surface area contributed by atoms with Crippen LogP contribution in [0.4, 0.5) is 0 Å². The molecule has 2 rings (SSSR count). The van der Waals surface area contributed by atoms with Gasteiger partial charge in [0.1, 0.15) is 0 Å². The van der Waals surface area contributed by atoms with Crippen LogP contribution in [0, 0.1) is 0 Å². The molecule has 0 aromatic heterocycles. The lowest BCUT2D eigenvalue weighted by atomic mass is 9.95. The number of hydrogen-bond donors (Lipinski definition) is 1. The Kier molecular flexibility index (Phi) is 8.62. The zero-order valence-electron chi connectivity index (χ0n) is 11.5. The molecule has 0 spiro atoms. The number of rotatable bonds is 4. The monoisotopic (exact) mass is 306 g/mol. The zero-order valence-corrected chi connectivity index (χ0v) is 13.1. The molecule has 1 heterocycles. The molecule has 0 saturated carbocycles. The molecule has 3 nitrogen and oxygen atoms in total. The average Bonchev–Trinajstić information content (AvgIpc) is 2.71. The summed E-state index contributed by atoms with van der Waals surface area (Å²) in [5.74, 6) is 0.459. The lowest BCUT2D eigenvalue weighted by Crippen LogP contribution is -2.32. The summed E-state index contributed by atoms with van der Waals surface area (Å²) in [6.45, 7) is 5.07. The Bertz CT molecular complexity index is 351. The van der Waals surface area contributed by atoms with Crippen LogP contribution in [0.5, 0.6) is 0 Å². The standard InChI is InChI=1S/C14H22N2O.2ClH/c1-11(17-2)8-16-9-13(14(15)10-16)12-6-4-3-5-7-12;;/h3-7,11,13-14H,8-10,15H2,1-2H3;2*1H/t11-,13-,14+;;/m0../s1. The second-order valence-electron chi connectivity index (χ2n) is 4.95. The third-order valence-corrected chi connectivity index (χ3v) is 3.59. The normalized spacial score (nSPS) is 24.4. The van der Waals surface area contributed by atoms with Gasteiger partial charge in [0, 0.05) is 38.7 Å². The number of halogens is 2. The molecular formula is C14H24Cl2N2O. The number of nitrogens with zero attached hydrogens (tertiary/aromatic N) is 1. The number of benzene rings is 1. The molecule has 5 heteroatoms. The number of nitrogens with two attached hydrogens (primary N) is 1. The molecule has 1 aromatic rings. The van der Waals surface area contributed by atoms with Gasteiger partial charge in [-0.1, -0.05) is 30.3 Å². The van der Waals surface area contributed by atoms with E-state index in [1.54, 1.807) is 7.11 Å². The van der Waals surface area contributed by atoms with Crippen LogP contribution in [0.25, 0.3) is 0 Å². The van der Waals surface area contributed by atoms with Crippen molar-refractivity contribution in [3.63, 3.8) is 0 Å². The molecule has 1 saturated heterocycles. The van der Waals surface area contributed by atoms with E-state index in [2.05, 4.69) is 42.2 Å². The van der Waals surface area contributed by atoms with E-state index in [0.717, 1.165) is 19.6 Å². The van der Waals surface area contributed by atoms with Gasteiger partial charge in [0.25, 0.3) is 0 Å². The maximum absolute atomic E-state index is 6.24. The van der Waals surface area contributed by atoms with E-state index in [0.29, 0.717) is 5.92 Å². The maximum Gasteiger partial charge on any atom is 0.0670 e. The summed E-state index contributed by atoms with van der Waals surface area (Å²) >= 11 is 0. The smallest absolute Gasteiger partial charge is 0.0670 e. The minimum Gasteiger partial charge on any atom is -0.380 e. The molecule has 110 valence electrons. The first-order valence-electron chi connectivity index (χ1n) is 6.26. The van der Waals surface area contributed by atoms with Crippen molar-refractivity contribution < 1.29 is 4.74 Å². The Morgan fingerprint density at radius 3 is 2.47 bits per heavy atom. The van der Waals surface area contributed by atoms with Crippen LogP contribution in [-0.4, -0.2) is 43.8 Å². The van der Waals surface area contributed by atoms with Crippen molar-refractivity contribution >= 4 is 24.8 Å². The van der Waals surface area contributed by atoms with Gasteiger partial charge in [-0.05, 0) is 12.5 Å². The van der Waals surface area contributed by atoms with E-state index in [1.807, 2.05) is 0 Å². The number of ether oxygens (including phenoxy) is 1. The minimum absolute atomic E-state index is 0. The van der Waals surface area contributed by atoms with E-state index < -0.39 is 0 Å². The fraction of sp³-hybridized carbons (Fsp3) is 0.571. The van der Waals surface area contributed by atoms with Gasteiger partial charge in [-0.15, -0.1) is 24.8 Å². The van der Waals surface area contributed by atoms with Crippen LogP contribution in [0.15, 0.2) is 30.3 Å². The van der Waals surface area contributed by atoms with Gasteiger partial charge in [0.2, 0.25) is 0 Å². The third-order valence-electron chi connectivity index (χ3n) is 3.59. The molecule has 0 unspecified atom stereocenters. The highest BCUT2D eigenvalue weighted by atomic mass is 35.5. The molecule has 3 atom stereocenters. The first-order valence-corrected chi connectivity index (χ1v) is 6.26. The van der Waals surface area contributed by atoms with Gasteiger partial charge in [-0.2, -0.15) is 0 Å². The van der Waals surface area contributed by atoms with E-state index in [1.165, 1.54) is 5.56 Å². The summed E-state index contributed by atoms with van der Waals surface area (Å²) in [5.41, 5.74) is 7.59. The Labute approximate surface area is 128 Å². The van der Waals surface area contributed by atoms with E-state index >= 15 is 0 Å². The largest absolute Gasteiger partial charge is 0.380 e.